The van der Waals surface area contributed by atoms with Crippen molar-refractivity contribution in [3.05, 3.63) is 160 Å². The molecule has 0 aliphatic heterocycles. The highest BCUT2D eigenvalue weighted by Crippen LogP contribution is 2.35. The summed E-state index contributed by atoms with van der Waals surface area (Å²) in [5.74, 6) is 1.96. The lowest BCUT2D eigenvalue weighted by atomic mass is 10.1. The third kappa shape index (κ3) is 7.86. The first-order chi connectivity index (χ1) is 27.1. The monoisotopic (exact) mass is 741 g/mol. The van der Waals surface area contributed by atoms with E-state index in [0.29, 0.717) is 52.6 Å². The van der Waals surface area contributed by atoms with Gasteiger partial charge in [0.1, 0.15) is 17.1 Å². The van der Waals surface area contributed by atoms with Crippen LogP contribution in [0, 0.1) is 56.4 Å². The zero-order valence-corrected chi connectivity index (χ0v) is 31.2. The Morgan fingerprint density at radius 1 is 0.589 bits per heavy atom. The van der Waals surface area contributed by atoms with Crippen LogP contribution in [0.15, 0.2) is 109 Å². The third-order valence-electron chi connectivity index (χ3n) is 9.13. The summed E-state index contributed by atoms with van der Waals surface area (Å²) < 4.78 is 30.2. The number of nitrogens with two attached hydrogens (primary N) is 1. The number of aromatic nitrogens is 6. The summed E-state index contributed by atoms with van der Waals surface area (Å²) in [6.45, 7) is 8.75. The standard InChI is InChI=1S/C22H17FN4O.C22H19N5O/c1-14-10-17(12-24)11-15(2)19(14)28-21-18-8-9-27(20(18)25-22(23)26-21)13-16-6-4-3-5-7-16;1-14-10-17(12-23)11-15(2)19(14)28-21-18-8-9-27(20(18)25-22(24)26-21)13-16-6-4-3-5-7-16/h3-11H,13H2,1-2H3;3-11H,13H2,1-2H3,(H2,24,25,26). The molecule has 0 amide bonds. The van der Waals surface area contributed by atoms with Gasteiger partial charge in [0.25, 0.3) is 0 Å². The smallest absolute Gasteiger partial charge is 0.313 e. The van der Waals surface area contributed by atoms with Gasteiger partial charge in [0.2, 0.25) is 17.7 Å². The van der Waals surface area contributed by atoms with Gasteiger partial charge in [0, 0.05) is 25.5 Å². The van der Waals surface area contributed by atoms with E-state index in [2.05, 4.69) is 44.2 Å². The molecule has 4 aromatic heterocycles. The van der Waals surface area contributed by atoms with Crippen LogP contribution in [0.3, 0.4) is 0 Å². The molecule has 0 radical (unpaired) electrons. The fourth-order valence-electron chi connectivity index (χ4n) is 6.58. The normalized spacial score (nSPS) is 10.8. The van der Waals surface area contributed by atoms with E-state index in [0.717, 1.165) is 38.9 Å². The Morgan fingerprint density at radius 2 is 1.00 bits per heavy atom. The number of anilines is 1. The Hall–Kier alpha value is -7.57. The third-order valence-corrected chi connectivity index (χ3v) is 9.13. The summed E-state index contributed by atoms with van der Waals surface area (Å²) in [5, 5.41) is 19.7. The van der Waals surface area contributed by atoms with E-state index < -0.39 is 6.08 Å². The van der Waals surface area contributed by atoms with Gasteiger partial charge in [-0.3, -0.25) is 0 Å². The van der Waals surface area contributed by atoms with Crippen molar-refractivity contribution in [2.75, 3.05) is 5.73 Å². The van der Waals surface area contributed by atoms with Crippen molar-refractivity contribution in [3.8, 4) is 35.4 Å². The number of fused-ring (bicyclic) bond motifs is 2. The van der Waals surface area contributed by atoms with Crippen LogP contribution in [-0.2, 0) is 13.1 Å². The maximum absolute atomic E-state index is 14.2. The van der Waals surface area contributed by atoms with E-state index in [1.807, 2.05) is 110 Å². The SMILES string of the molecule is Cc1cc(C#N)cc(C)c1Oc1nc(F)nc2c1ccn2Cc1ccccc1.Cc1cc(C#N)cc(C)c1Oc1nc(N)nc2c1ccn2Cc1ccccc1. The van der Waals surface area contributed by atoms with Crippen LogP contribution in [0.25, 0.3) is 22.1 Å². The summed E-state index contributed by atoms with van der Waals surface area (Å²) in [4.78, 5) is 16.6. The maximum atomic E-state index is 14.2. The number of nitriles is 2. The molecule has 2 N–H and O–H groups in total. The highest BCUT2D eigenvalue weighted by Gasteiger charge is 2.18. The highest BCUT2D eigenvalue weighted by atomic mass is 19.1. The second-order valence-electron chi connectivity index (χ2n) is 13.3. The Bertz CT molecular complexity index is 2560. The van der Waals surface area contributed by atoms with Crippen molar-refractivity contribution in [2.24, 2.45) is 0 Å². The largest absolute Gasteiger partial charge is 0.438 e. The van der Waals surface area contributed by atoms with E-state index in [4.69, 9.17) is 25.7 Å². The van der Waals surface area contributed by atoms with Gasteiger partial charge in [-0.1, -0.05) is 60.7 Å². The van der Waals surface area contributed by atoms with Gasteiger partial charge in [-0.2, -0.15) is 34.9 Å². The predicted octanol–water partition coefficient (Wildman–Crippen LogP) is 9.24. The molecule has 0 aliphatic carbocycles. The molecule has 12 heteroatoms. The minimum Gasteiger partial charge on any atom is -0.438 e. The number of hydrogen-bond acceptors (Lipinski definition) is 9. The quantitative estimate of drug-likeness (QED) is 0.150. The van der Waals surface area contributed by atoms with E-state index >= 15 is 0 Å². The van der Waals surface area contributed by atoms with Gasteiger partial charge in [0.15, 0.2) is 5.65 Å². The van der Waals surface area contributed by atoms with Gasteiger partial charge < -0.3 is 24.3 Å². The van der Waals surface area contributed by atoms with Crippen molar-refractivity contribution in [2.45, 2.75) is 40.8 Å². The Morgan fingerprint density at radius 3 is 1.43 bits per heavy atom. The van der Waals surface area contributed by atoms with Crippen molar-refractivity contribution < 1.29 is 13.9 Å². The van der Waals surface area contributed by atoms with Gasteiger partial charge in [-0.15, -0.1) is 0 Å². The Labute approximate surface area is 322 Å². The Kier molecular flexibility index (Phi) is 10.4. The molecule has 56 heavy (non-hydrogen) atoms. The van der Waals surface area contributed by atoms with Gasteiger partial charge in [-0.05, 0) is 97.5 Å². The van der Waals surface area contributed by atoms with Crippen LogP contribution in [0.2, 0.25) is 0 Å². The average molecular weight is 742 g/mol. The van der Waals surface area contributed by atoms with Crippen LogP contribution < -0.4 is 15.2 Å². The molecule has 0 unspecified atom stereocenters. The lowest BCUT2D eigenvalue weighted by molar-refractivity contribution is 0.437. The van der Waals surface area contributed by atoms with Crippen LogP contribution in [-0.4, -0.2) is 29.1 Å². The molecular weight excluding hydrogens is 706 g/mol. The molecule has 0 bridgehead atoms. The molecule has 0 saturated heterocycles. The number of rotatable bonds is 8. The van der Waals surface area contributed by atoms with Crippen molar-refractivity contribution in [1.82, 2.24) is 29.1 Å². The van der Waals surface area contributed by atoms with Crippen LogP contribution >= 0.6 is 0 Å². The van der Waals surface area contributed by atoms with Gasteiger partial charge >= 0.3 is 6.08 Å². The first-order valence-corrected chi connectivity index (χ1v) is 17.7. The second-order valence-corrected chi connectivity index (χ2v) is 13.3. The van der Waals surface area contributed by atoms with E-state index in [9.17, 15) is 4.39 Å². The lowest BCUT2D eigenvalue weighted by Gasteiger charge is -2.13. The molecule has 11 nitrogen and oxygen atoms in total. The summed E-state index contributed by atoms with van der Waals surface area (Å²) in [6.07, 6.45) is 2.95. The fraction of sp³-hybridized carbons (Fsp3) is 0.136. The fourth-order valence-corrected chi connectivity index (χ4v) is 6.58. The molecule has 0 atom stereocenters. The van der Waals surface area contributed by atoms with Crippen molar-refractivity contribution in [3.63, 3.8) is 0 Å². The zero-order valence-electron chi connectivity index (χ0n) is 31.2. The number of benzene rings is 4. The molecular formula is C44H36FN9O2. The summed E-state index contributed by atoms with van der Waals surface area (Å²) >= 11 is 0. The van der Waals surface area contributed by atoms with Gasteiger partial charge in [-0.25, -0.2) is 0 Å². The average Bonchev–Trinajstić information content (AvgIpc) is 3.78. The summed E-state index contributed by atoms with van der Waals surface area (Å²) in [6, 6.07) is 35.1. The predicted molar refractivity (Wildman–Crippen MR) is 212 cm³/mol. The second kappa shape index (κ2) is 15.8. The molecule has 8 rings (SSSR count). The molecule has 0 spiro atoms. The summed E-state index contributed by atoms with van der Waals surface area (Å²) in [7, 11) is 0. The van der Waals surface area contributed by atoms with Crippen LogP contribution in [0.5, 0.6) is 23.3 Å². The van der Waals surface area contributed by atoms with Crippen LogP contribution in [0.1, 0.15) is 44.5 Å². The molecule has 8 aromatic rings. The minimum absolute atomic E-state index is 0.152. The number of halogens is 1. The van der Waals surface area contributed by atoms with Crippen molar-refractivity contribution in [1.29, 1.82) is 10.5 Å². The molecule has 0 aliphatic rings. The first kappa shape index (κ1) is 36.8. The van der Waals surface area contributed by atoms with E-state index in [-0.39, 0.29) is 11.8 Å². The number of hydrogen-bond donors (Lipinski definition) is 1. The molecule has 4 heterocycles. The summed E-state index contributed by atoms with van der Waals surface area (Å²) in [5.41, 5.74) is 13.9. The highest BCUT2D eigenvalue weighted by molar-refractivity contribution is 5.83. The van der Waals surface area contributed by atoms with Gasteiger partial charge in [0.05, 0.1) is 34.0 Å². The molecule has 0 saturated carbocycles. The Balaban J connectivity index is 0.000000172. The minimum atomic E-state index is -0.848. The zero-order chi connectivity index (χ0) is 39.3. The number of nitrogen functional groups attached to an aromatic ring is 1. The maximum Gasteiger partial charge on any atom is 0.313 e. The first-order valence-electron chi connectivity index (χ1n) is 17.7. The number of nitrogens with zero attached hydrogens (tertiary/aromatic N) is 8. The van der Waals surface area contributed by atoms with E-state index in [1.165, 1.54) is 5.56 Å². The number of aryl methyl sites for hydroxylation is 4. The molecule has 276 valence electrons. The van der Waals surface area contributed by atoms with Crippen LogP contribution in [0.4, 0.5) is 10.3 Å². The van der Waals surface area contributed by atoms with E-state index in [1.54, 1.807) is 24.3 Å². The lowest BCUT2D eigenvalue weighted by Crippen LogP contribution is -2.04. The molecule has 4 aromatic carbocycles. The topological polar surface area (TPSA) is 153 Å². The van der Waals surface area contributed by atoms with Crippen molar-refractivity contribution >= 4 is 28.0 Å². The number of ether oxygens (including phenoxy) is 2. The molecule has 0 fully saturated rings.